The van der Waals surface area contributed by atoms with E-state index in [1.54, 1.807) is 36.4 Å². The van der Waals surface area contributed by atoms with E-state index in [4.69, 9.17) is 4.74 Å². The number of rotatable bonds is 5. The number of carbonyl (C=O) groups is 1. The molecule has 11 heteroatoms. The quantitative estimate of drug-likeness (QED) is 0.382. The number of nitrogens with zero attached hydrogens (tertiary/aromatic N) is 4. The molecule has 0 radical (unpaired) electrons. The van der Waals surface area contributed by atoms with Crippen LogP contribution >= 0.6 is 0 Å². The van der Waals surface area contributed by atoms with Crippen LogP contribution in [0.4, 0.5) is 29.3 Å². The maximum Gasteiger partial charge on any atom is 0.408 e. The van der Waals surface area contributed by atoms with Crippen molar-refractivity contribution in [3.05, 3.63) is 72.6 Å². The van der Waals surface area contributed by atoms with Crippen LogP contribution in [-0.2, 0) is 11.3 Å². The van der Waals surface area contributed by atoms with Crippen molar-refractivity contribution in [3.63, 3.8) is 0 Å². The Morgan fingerprint density at radius 2 is 1.72 bits per heavy atom. The number of para-hydroxylation sites is 1. The molecule has 0 atom stereocenters. The van der Waals surface area contributed by atoms with Gasteiger partial charge in [0.2, 0.25) is 0 Å². The minimum Gasteiger partial charge on any atom is -0.377 e. The van der Waals surface area contributed by atoms with E-state index in [2.05, 4.69) is 25.7 Å². The predicted octanol–water partition coefficient (Wildman–Crippen LogP) is 5.50. The number of halogens is 3. The monoisotopic (exact) mass is 494 g/mol. The van der Waals surface area contributed by atoms with Crippen LogP contribution in [0.3, 0.4) is 0 Å². The summed E-state index contributed by atoms with van der Waals surface area (Å²) in [5, 5.41) is 9.85. The molecular weight excluding hydrogens is 473 g/mol. The smallest absolute Gasteiger partial charge is 0.377 e. The molecule has 4 aromatic rings. The Morgan fingerprint density at radius 1 is 1.00 bits per heavy atom. The molecular formula is C25H21F3N6O2. The minimum atomic E-state index is -4.45. The van der Waals surface area contributed by atoms with E-state index in [0.29, 0.717) is 47.7 Å². The Bertz CT molecular complexity index is 1420. The number of carbonyl (C=O) groups excluding carboxylic acids is 1. The number of ether oxygens (including phenoxy) is 1. The van der Waals surface area contributed by atoms with Crippen molar-refractivity contribution in [2.45, 2.75) is 19.1 Å². The van der Waals surface area contributed by atoms with Gasteiger partial charge in [0.1, 0.15) is 6.54 Å². The second-order valence-electron chi connectivity index (χ2n) is 8.13. The molecule has 1 aliphatic heterocycles. The number of alkyl halides is 3. The van der Waals surface area contributed by atoms with Crippen molar-refractivity contribution in [2.24, 2.45) is 0 Å². The SMILES string of the molecule is O=C(Nc1ccccc1)Nc1ccc(-c2nc(C3=CCOCC3)c3cnn(CC(F)(F)F)c3n2)cc1. The van der Waals surface area contributed by atoms with E-state index in [1.165, 1.54) is 6.20 Å². The molecule has 0 unspecified atom stereocenters. The summed E-state index contributed by atoms with van der Waals surface area (Å²) in [5.74, 6) is 0.258. The number of amides is 2. The largest absolute Gasteiger partial charge is 0.408 e. The fourth-order valence-electron chi connectivity index (χ4n) is 3.87. The van der Waals surface area contributed by atoms with Gasteiger partial charge in [-0.2, -0.15) is 18.3 Å². The molecule has 0 saturated carbocycles. The summed E-state index contributed by atoms with van der Waals surface area (Å²) in [6.07, 6.45) is -0.630. The van der Waals surface area contributed by atoms with E-state index >= 15 is 0 Å². The van der Waals surface area contributed by atoms with Crippen molar-refractivity contribution >= 4 is 34.0 Å². The van der Waals surface area contributed by atoms with E-state index in [9.17, 15) is 18.0 Å². The number of nitrogens with one attached hydrogen (secondary N) is 2. The van der Waals surface area contributed by atoms with Gasteiger partial charge in [-0.25, -0.2) is 19.4 Å². The first-order valence-electron chi connectivity index (χ1n) is 11.2. The number of fused-ring (bicyclic) bond motifs is 1. The lowest BCUT2D eigenvalue weighted by molar-refractivity contribution is -0.141. The van der Waals surface area contributed by atoms with Crippen LogP contribution in [-0.4, -0.2) is 45.2 Å². The van der Waals surface area contributed by atoms with Crippen molar-refractivity contribution in [1.82, 2.24) is 19.7 Å². The van der Waals surface area contributed by atoms with Gasteiger partial charge in [0.15, 0.2) is 11.5 Å². The van der Waals surface area contributed by atoms with E-state index in [1.807, 2.05) is 24.3 Å². The van der Waals surface area contributed by atoms with Crippen LogP contribution in [0, 0.1) is 0 Å². The van der Waals surface area contributed by atoms with Crippen molar-refractivity contribution < 1.29 is 22.7 Å². The van der Waals surface area contributed by atoms with Crippen LogP contribution in [0.1, 0.15) is 12.1 Å². The van der Waals surface area contributed by atoms with Crippen molar-refractivity contribution in [2.75, 3.05) is 23.8 Å². The van der Waals surface area contributed by atoms with Crippen LogP contribution in [0.5, 0.6) is 0 Å². The summed E-state index contributed by atoms with van der Waals surface area (Å²) in [5.41, 5.74) is 3.28. The molecule has 0 bridgehead atoms. The fraction of sp³-hybridized carbons (Fsp3) is 0.200. The third-order valence-corrected chi connectivity index (χ3v) is 5.53. The van der Waals surface area contributed by atoms with Gasteiger partial charge in [-0.05, 0) is 48.4 Å². The highest BCUT2D eigenvalue weighted by Gasteiger charge is 2.30. The molecule has 0 fully saturated rings. The lowest BCUT2D eigenvalue weighted by Crippen LogP contribution is -2.19. The molecule has 2 amide bonds. The lowest BCUT2D eigenvalue weighted by atomic mass is 10.0. The summed E-state index contributed by atoms with van der Waals surface area (Å²) < 4.78 is 45.6. The van der Waals surface area contributed by atoms with E-state index < -0.39 is 18.8 Å². The van der Waals surface area contributed by atoms with Crippen LogP contribution in [0.15, 0.2) is 66.9 Å². The zero-order valence-electron chi connectivity index (χ0n) is 18.9. The second kappa shape index (κ2) is 9.78. The molecule has 5 rings (SSSR count). The van der Waals surface area contributed by atoms with Crippen LogP contribution in [0.2, 0.25) is 0 Å². The molecule has 0 spiro atoms. The molecule has 3 heterocycles. The first kappa shape index (κ1) is 23.5. The number of urea groups is 1. The zero-order valence-corrected chi connectivity index (χ0v) is 18.9. The van der Waals surface area contributed by atoms with Crippen molar-refractivity contribution in [3.8, 4) is 11.4 Å². The average Bonchev–Trinajstić information content (AvgIpc) is 3.26. The van der Waals surface area contributed by atoms with Crippen LogP contribution < -0.4 is 10.6 Å². The number of aromatic nitrogens is 4. The first-order chi connectivity index (χ1) is 17.4. The Morgan fingerprint density at radius 3 is 2.39 bits per heavy atom. The highest BCUT2D eigenvalue weighted by atomic mass is 19.4. The highest BCUT2D eigenvalue weighted by molar-refractivity contribution is 5.99. The van der Waals surface area contributed by atoms with E-state index in [0.717, 1.165) is 10.3 Å². The maximum atomic E-state index is 13.1. The molecule has 0 aliphatic carbocycles. The van der Waals surface area contributed by atoms with Gasteiger partial charge in [0, 0.05) is 16.9 Å². The third kappa shape index (κ3) is 5.36. The molecule has 2 N–H and O–H groups in total. The molecule has 2 aromatic carbocycles. The van der Waals surface area contributed by atoms with Gasteiger partial charge in [-0.15, -0.1) is 0 Å². The summed E-state index contributed by atoms with van der Waals surface area (Å²) in [6.45, 7) is -0.360. The second-order valence-corrected chi connectivity index (χ2v) is 8.13. The van der Waals surface area contributed by atoms with Crippen LogP contribution in [0.25, 0.3) is 28.0 Å². The fourth-order valence-corrected chi connectivity index (χ4v) is 3.87. The normalized spacial score (nSPS) is 13.9. The number of hydrogen-bond acceptors (Lipinski definition) is 5. The summed E-state index contributed by atoms with van der Waals surface area (Å²) in [6, 6.07) is 15.4. The predicted molar refractivity (Wildman–Crippen MR) is 129 cm³/mol. The summed E-state index contributed by atoms with van der Waals surface area (Å²) >= 11 is 0. The highest BCUT2D eigenvalue weighted by Crippen LogP contribution is 2.30. The molecule has 36 heavy (non-hydrogen) atoms. The van der Waals surface area contributed by atoms with Gasteiger partial charge in [-0.1, -0.05) is 24.3 Å². The molecule has 8 nitrogen and oxygen atoms in total. The molecule has 0 saturated heterocycles. The van der Waals surface area contributed by atoms with E-state index in [-0.39, 0.29) is 11.5 Å². The Hall–Kier alpha value is -4.25. The number of anilines is 2. The van der Waals surface area contributed by atoms with Gasteiger partial charge in [-0.3, -0.25) is 0 Å². The Labute approximate surface area is 203 Å². The average molecular weight is 494 g/mol. The molecule has 2 aromatic heterocycles. The maximum absolute atomic E-state index is 13.1. The minimum absolute atomic E-state index is 0.101. The topological polar surface area (TPSA) is 94.0 Å². The van der Waals surface area contributed by atoms with Gasteiger partial charge in [0.05, 0.1) is 30.5 Å². The number of benzene rings is 2. The lowest BCUT2D eigenvalue weighted by Gasteiger charge is -2.15. The Balaban J connectivity index is 1.45. The number of hydrogen-bond donors (Lipinski definition) is 2. The zero-order chi connectivity index (χ0) is 25.1. The van der Waals surface area contributed by atoms with Gasteiger partial charge < -0.3 is 15.4 Å². The Kier molecular flexibility index (Phi) is 6.38. The van der Waals surface area contributed by atoms with Gasteiger partial charge >= 0.3 is 12.2 Å². The van der Waals surface area contributed by atoms with Crippen molar-refractivity contribution in [1.29, 1.82) is 0 Å². The molecule has 184 valence electrons. The first-order valence-corrected chi connectivity index (χ1v) is 11.2. The third-order valence-electron chi connectivity index (χ3n) is 5.53. The summed E-state index contributed by atoms with van der Waals surface area (Å²) in [7, 11) is 0. The summed E-state index contributed by atoms with van der Waals surface area (Å²) in [4.78, 5) is 21.4. The molecule has 1 aliphatic rings. The standard InChI is InChI=1S/C25H21F3N6O2/c26-25(27,28)15-34-23-20(14-29-34)21(16-10-12-36-13-11-16)32-22(33-23)17-6-8-19(9-7-17)31-24(35)30-18-4-2-1-3-5-18/h1-10,14H,11-13,15H2,(H2,30,31,35). The van der Waals surface area contributed by atoms with Gasteiger partial charge in [0.25, 0.3) is 0 Å².